The molecule has 0 atom stereocenters. The van der Waals surface area contributed by atoms with Crippen LogP contribution in [0.15, 0.2) is 0 Å². The summed E-state index contributed by atoms with van der Waals surface area (Å²) in [5.74, 6) is 2.78. The molecule has 1 aliphatic rings. The Kier molecular flexibility index (Phi) is 9.47. The number of hydrogen-bond acceptors (Lipinski definition) is 3. The third-order valence-corrected chi connectivity index (χ3v) is 6.44. The highest BCUT2D eigenvalue weighted by Crippen LogP contribution is 2.48. The minimum absolute atomic E-state index is 0.625. The van der Waals surface area contributed by atoms with E-state index >= 15 is 0 Å². The van der Waals surface area contributed by atoms with Crippen LogP contribution in [-0.2, 0) is 0 Å². The Labute approximate surface area is 86.5 Å². The van der Waals surface area contributed by atoms with Gasteiger partial charge in [-0.1, -0.05) is 27.7 Å². The first-order valence-corrected chi connectivity index (χ1v) is 8.79. The first-order chi connectivity index (χ1) is 5.63. The highest BCUT2D eigenvalue weighted by Gasteiger charge is 1.96. The fourth-order valence-corrected chi connectivity index (χ4v) is 6.29. The second kappa shape index (κ2) is 8.68. The molecule has 0 spiro atoms. The van der Waals surface area contributed by atoms with Crippen LogP contribution < -0.4 is 5.32 Å². The van der Waals surface area contributed by atoms with Gasteiger partial charge in [-0.05, 0) is 6.98 Å². The Morgan fingerprint density at radius 1 is 1.00 bits per heavy atom. The van der Waals surface area contributed by atoms with Crippen molar-refractivity contribution in [3.8, 4) is 0 Å². The van der Waals surface area contributed by atoms with Crippen LogP contribution in [0.1, 0.15) is 27.7 Å². The molecule has 1 N–H and O–H groups in total. The Morgan fingerprint density at radius 2 is 1.42 bits per heavy atom. The van der Waals surface area contributed by atoms with Gasteiger partial charge in [0.25, 0.3) is 0 Å². The van der Waals surface area contributed by atoms with Gasteiger partial charge in [0.15, 0.2) is 0 Å². The number of hydrogen-bond donors (Lipinski definition) is 1. The number of rotatable bonds is 2. The summed E-state index contributed by atoms with van der Waals surface area (Å²) in [4.78, 5) is 0. The van der Waals surface area contributed by atoms with E-state index in [1.54, 1.807) is 0 Å². The average Bonchev–Trinajstić information content (AvgIpc) is 2.36. The van der Waals surface area contributed by atoms with Crippen LogP contribution in [-0.4, -0.2) is 23.6 Å². The maximum atomic E-state index is 3.31. The van der Waals surface area contributed by atoms with Crippen molar-refractivity contribution >= 4 is 29.7 Å². The first-order valence-electron chi connectivity index (χ1n) is 4.37. The predicted octanol–water partition coefficient (Wildman–Crippen LogP) is 3.37. The van der Waals surface area contributed by atoms with Gasteiger partial charge in [-0.3, -0.25) is 0 Å². The zero-order valence-electron chi connectivity index (χ0n) is 8.39. The fraction of sp³-hybridized carbons (Fsp3) is 1.00. The minimum atomic E-state index is 0.625. The van der Waals surface area contributed by atoms with Crippen molar-refractivity contribution in [3.05, 3.63) is 0 Å². The molecule has 0 saturated carbocycles. The van der Waals surface area contributed by atoms with Crippen molar-refractivity contribution in [1.29, 1.82) is 0 Å². The molecule has 0 amide bonds. The Bertz CT molecular complexity index is 81.4. The van der Waals surface area contributed by atoms with Crippen LogP contribution in [0.3, 0.4) is 0 Å². The van der Waals surface area contributed by atoms with Crippen LogP contribution in [0.4, 0.5) is 0 Å². The van der Waals surface area contributed by atoms with E-state index < -0.39 is 0 Å². The van der Waals surface area contributed by atoms with E-state index in [2.05, 4.69) is 55.8 Å². The maximum absolute atomic E-state index is 3.31. The molecule has 0 aromatic carbocycles. The Hall–Kier alpha value is 1.09. The van der Waals surface area contributed by atoms with Crippen molar-refractivity contribution < 1.29 is 0 Å². The second-order valence-electron chi connectivity index (χ2n) is 3.26. The molecule has 1 aliphatic heterocycles. The van der Waals surface area contributed by atoms with E-state index in [0.29, 0.717) is 12.1 Å². The summed E-state index contributed by atoms with van der Waals surface area (Å²) in [7, 11) is 0. The molecule has 1 rings (SSSR count). The lowest BCUT2D eigenvalue weighted by Gasteiger charge is -2.10. The summed E-state index contributed by atoms with van der Waals surface area (Å²) in [6.07, 6.45) is 0. The lowest BCUT2D eigenvalue weighted by Crippen LogP contribution is -2.29. The van der Waals surface area contributed by atoms with Crippen LogP contribution in [0, 0.1) is 0 Å². The molecule has 1 saturated heterocycles. The lowest BCUT2D eigenvalue weighted by atomic mass is 10.3. The van der Waals surface area contributed by atoms with Gasteiger partial charge in [0, 0.05) is 23.6 Å². The predicted molar refractivity (Wildman–Crippen MR) is 66.6 cm³/mol. The quantitative estimate of drug-likeness (QED) is 0.724. The van der Waals surface area contributed by atoms with Gasteiger partial charge < -0.3 is 5.32 Å². The highest BCUT2D eigenvalue weighted by atomic mass is 33.1. The monoisotopic (exact) mass is 225 g/mol. The smallest absolute Gasteiger partial charge is 0.00745 e. The molecule has 4 heteroatoms. The van der Waals surface area contributed by atoms with Gasteiger partial charge in [0.1, 0.15) is 0 Å². The zero-order valence-corrected chi connectivity index (χ0v) is 11.0. The number of nitrogens with one attached hydrogen (secondary N) is 1. The summed E-state index contributed by atoms with van der Waals surface area (Å²) in [6.45, 7) is 9.75. The molecular weight excluding hydrogens is 205 g/mol. The van der Waals surface area contributed by atoms with Crippen LogP contribution in [0.5, 0.6) is 0 Å². The van der Waals surface area contributed by atoms with E-state index in [-0.39, 0.29) is 0 Å². The van der Waals surface area contributed by atoms with Gasteiger partial charge in [-0.25, -0.2) is 0 Å². The Morgan fingerprint density at radius 3 is 1.50 bits per heavy atom. The molecule has 0 aromatic rings. The standard InChI is InChI=1S/C6H15N.C2H5PS2/c1-5(2)7-6(3)4;1-2-5-3-4-1/h5-7H,1-4H3;3H,1-2H2. The molecule has 0 bridgehead atoms. The minimum Gasteiger partial charge on any atom is -0.312 e. The summed E-state index contributed by atoms with van der Waals surface area (Å²) < 4.78 is 0. The van der Waals surface area contributed by atoms with E-state index in [4.69, 9.17) is 0 Å². The van der Waals surface area contributed by atoms with Gasteiger partial charge in [-0.2, -0.15) is 0 Å². The zero-order chi connectivity index (χ0) is 9.40. The molecule has 1 heterocycles. The van der Waals surface area contributed by atoms with Crippen LogP contribution in [0.2, 0.25) is 0 Å². The molecule has 1 nitrogen and oxygen atoms in total. The van der Waals surface area contributed by atoms with Gasteiger partial charge in [-0.15, -0.1) is 22.8 Å². The topological polar surface area (TPSA) is 12.0 Å². The average molecular weight is 225 g/mol. The van der Waals surface area contributed by atoms with Crippen molar-refractivity contribution in [2.45, 2.75) is 39.8 Å². The molecule has 1 fully saturated rings. The largest absolute Gasteiger partial charge is 0.312 e. The fourth-order valence-electron chi connectivity index (χ4n) is 0.875. The van der Waals surface area contributed by atoms with Gasteiger partial charge in [0.2, 0.25) is 0 Å². The van der Waals surface area contributed by atoms with Gasteiger partial charge in [0.05, 0.1) is 0 Å². The molecule has 74 valence electrons. The van der Waals surface area contributed by atoms with E-state index in [9.17, 15) is 0 Å². The van der Waals surface area contributed by atoms with Crippen molar-refractivity contribution in [1.82, 2.24) is 5.32 Å². The normalized spacial score (nSPS) is 16.5. The van der Waals surface area contributed by atoms with Crippen molar-refractivity contribution in [2.75, 3.05) is 11.5 Å². The van der Waals surface area contributed by atoms with Gasteiger partial charge >= 0.3 is 0 Å². The third-order valence-electron chi connectivity index (χ3n) is 1.07. The van der Waals surface area contributed by atoms with E-state index in [0.717, 1.165) is 6.98 Å². The van der Waals surface area contributed by atoms with Crippen LogP contribution in [0.25, 0.3) is 0 Å². The molecule has 0 radical (unpaired) electrons. The molecular formula is C8H20NPS2. The highest BCUT2D eigenvalue weighted by molar-refractivity contribution is 8.83. The molecule has 0 aromatic heterocycles. The SMILES string of the molecule is C1CSPS1.CC(C)NC(C)C. The van der Waals surface area contributed by atoms with Crippen molar-refractivity contribution in [2.24, 2.45) is 0 Å². The summed E-state index contributed by atoms with van der Waals surface area (Å²) in [6, 6.07) is 1.25. The molecule has 12 heavy (non-hydrogen) atoms. The third kappa shape index (κ3) is 11.1. The van der Waals surface area contributed by atoms with E-state index in [1.807, 2.05) is 0 Å². The molecule has 0 unspecified atom stereocenters. The first kappa shape index (κ1) is 13.1. The van der Waals surface area contributed by atoms with Crippen molar-refractivity contribution in [3.63, 3.8) is 0 Å². The second-order valence-corrected chi connectivity index (χ2v) is 8.55. The summed E-state index contributed by atoms with van der Waals surface area (Å²) in [5, 5.41) is 3.31. The molecule has 0 aliphatic carbocycles. The summed E-state index contributed by atoms with van der Waals surface area (Å²) >= 11 is 4.13. The maximum Gasteiger partial charge on any atom is 0.00745 e. The summed E-state index contributed by atoms with van der Waals surface area (Å²) in [5.41, 5.74) is 0. The Balaban J connectivity index is 0.000000211. The lowest BCUT2D eigenvalue weighted by molar-refractivity contribution is 0.518. The van der Waals surface area contributed by atoms with Crippen LogP contribution >= 0.6 is 29.7 Å². The van der Waals surface area contributed by atoms with E-state index in [1.165, 1.54) is 11.5 Å².